The number of carbonyl (C=O) groups is 1. The average Bonchev–Trinajstić information content (AvgIpc) is 2.77. The number of benzene rings is 1. The average molecular weight is 260 g/mol. The highest BCUT2D eigenvalue weighted by molar-refractivity contribution is 5.76. The number of fused-ring (bicyclic) bond motifs is 1. The van der Waals surface area contributed by atoms with Crippen LogP contribution >= 0.6 is 0 Å². The molecule has 1 aromatic carbocycles. The Hall–Kier alpha value is -1.88. The molecule has 0 saturated carbocycles. The van der Waals surface area contributed by atoms with E-state index in [9.17, 15) is 4.79 Å². The number of hydrogen-bond donors (Lipinski definition) is 2. The molecule has 0 aliphatic carbocycles. The number of hydrazine groups is 1. The molecule has 0 radical (unpaired) electrons. The predicted molar refractivity (Wildman–Crippen MR) is 75.3 cm³/mol. The number of aryl methyl sites for hydroxylation is 2. The number of amides is 1. The number of hydrogen-bond acceptors (Lipinski definition) is 3. The van der Waals surface area contributed by atoms with Crippen LogP contribution in [0.25, 0.3) is 11.0 Å². The molecule has 2 aromatic rings. The first-order valence-electron chi connectivity index (χ1n) is 6.70. The molecule has 0 spiro atoms. The molecule has 0 fully saturated rings. The number of rotatable bonds is 6. The molecule has 2 rings (SSSR count). The van der Waals surface area contributed by atoms with Gasteiger partial charge in [0.15, 0.2) is 0 Å². The summed E-state index contributed by atoms with van der Waals surface area (Å²) in [7, 11) is 0. The summed E-state index contributed by atoms with van der Waals surface area (Å²) < 4.78 is 2.21. The summed E-state index contributed by atoms with van der Waals surface area (Å²) in [4.78, 5) is 15.8. The van der Waals surface area contributed by atoms with Crippen LogP contribution in [-0.2, 0) is 17.8 Å². The summed E-state index contributed by atoms with van der Waals surface area (Å²) in [6.45, 7) is 2.94. The molecule has 0 saturated heterocycles. The zero-order valence-corrected chi connectivity index (χ0v) is 11.2. The van der Waals surface area contributed by atoms with Gasteiger partial charge >= 0.3 is 0 Å². The van der Waals surface area contributed by atoms with Gasteiger partial charge in [0.2, 0.25) is 5.91 Å². The summed E-state index contributed by atoms with van der Waals surface area (Å²) in [5, 5.41) is 0. The Kier molecular flexibility index (Phi) is 4.52. The summed E-state index contributed by atoms with van der Waals surface area (Å²) in [5.41, 5.74) is 4.32. The lowest BCUT2D eigenvalue weighted by atomic mass is 10.2. The predicted octanol–water partition coefficient (Wildman–Crippen LogP) is 1.76. The van der Waals surface area contributed by atoms with Gasteiger partial charge in [-0.05, 0) is 25.0 Å². The number of aromatic nitrogens is 2. The van der Waals surface area contributed by atoms with E-state index in [-0.39, 0.29) is 5.91 Å². The number of nitrogens with one attached hydrogen (secondary N) is 1. The van der Waals surface area contributed by atoms with Gasteiger partial charge in [-0.2, -0.15) is 0 Å². The molecule has 102 valence electrons. The number of para-hydroxylation sites is 2. The molecule has 19 heavy (non-hydrogen) atoms. The van der Waals surface area contributed by atoms with Crippen molar-refractivity contribution in [3.8, 4) is 0 Å². The quantitative estimate of drug-likeness (QED) is 0.472. The zero-order valence-electron chi connectivity index (χ0n) is 11.2. The van der Waals surface area contributed by atoms with Gasteiger partial charge in [0.1, 0.15) is 5.82 Å². The van der Waals surface area contributed by atoms with Crippen molar-refractivity contribution in [2.45, 2.75) is 39.2 Å². The van der Waals surface area contributed by atoms with Gasteiger partial charge in [0, 0.05) is 19.4 Å². The van der Waals surface area contributed by atoms with Gasteiger partial charge in [-0.15, -0.1) is 0 Å². The number of nitrogens with zero attached hydrogens (tertiary/aromatic N) is 2. The minimum Gasteiger partial charge on any atom is -0.328 e. The van der Waals surface area contributed by atoms with Crippen molar-refractivity contribution in [2.75, 3.05) is 0 Å². The Morgan fingerprint density at radius 3 is 2.95 bits per heavy atom. The summed E-state index contributed by atoms with van der Waals surface area (Å²) >= 11 is 0. The zero-order chi connectivity index (χ0) is 13.7. The van der Waals surface area contributed by atoms with E-state index >= 15 is 0 Å². The van der Waals surface area contributed by atoms with Gasteiger partial charge in [-0.1, -0.05) is 19.1 Å². The lowest BCUT2D eigenvalue weighted by Gasteiger charge is -2.08. The summed E-state index contributed by atoms with van der Waals surface area (Å²) in [6.07, 6.45) is 3.22. The molecule has 0 atom stereocenters. The maximum Gasteiger partial charge on any atom is 0.233 e. The van der Waals surface area contributed by atoms with E-state index < -0.39 is 0 Å². The van der Waals surface area contributed by atoms with Crippen molar-refractivity contribution in [1.29, 1.82) is 0 Å². The van der Waals surface area contributed by atoms with Gasteiger partial charge in [0.05, 0.1) is 11.0 Å². The molecule has 0 bridgehead atoms. The molecule has 0 unspecified atom stereocenters. The van der Waals surface area contributed by atoms with Crippen molar-refractivity contribution in [3.63, 3.8) is 0 Å². The smallest absolute Gasteiger partial charge is 0.233 e. The molecular weight excluding hydrogens is 240 g/mol. The first kappa shape index (κ1) is 13.5. The maximum absolute atomic E-state index is 11.2. The maximum atomic E-state index is 11.2. The molecule has 1 heterocycles. The molecule has 0 aliphatic rings. The van der Waals surface area contributed by atoms with Gasteiger partial charge in [-0.3, -0.25) is 10.2 Å². The summed E-state index contributed by atoms with van der Waals surface area (Å²) in [6, 6.07) is 8.11. The SMILES string of the molecule is CCCc1nc2ccccc2n1CCCC(=O)NN. The van der Waals surface area contributed by atoms with Crippen LogP contribution in [0, 0.1) is 0 Å². The topological polar surface area (TPSA) is 72.9 Å². The van der Waals surface area contributed by atoms with E-state index in [0.717, 1.165) is 42.7 Å². The van der Waals surface area contributed by atoms with Gasteiger partial charge in [-0.25, -0.2) is 10.8 Å². The lowest BCUT2D eigenvalue weighted by molar-refractivity contribution is -0.121. The van der Waals surface area contributed by atoms with Crippen LogP contribution in [-0.4, -0.2) is 15.5 Å². The third kappa shape index (κ3) is 3.12. The Morgan fingerprint density at radius 1 is 1.42 bits per heavy atom. The second-order valence-corrected chi connectivity index (χ2v) is 4.59. The molecule has 1 aromatic heterocycles. The second kappa shape index (κ2) is 6.33. The van der Waals surface area contributed by atoms with Crippen molar-refractivity contribution in [2.24, 2.45) is 5.84 Å². The highest BCUT2D eigenvalue weighted by Gasteiger charge is 2.09. The monoisotopic (exact) mass is 260 g/mol. The van der Waals surface area contributed by atoms with E-state index in [1.54, 1.807) is 0 Å². The molecule has 3 N–H and O–H groups in total. The third-order valence-electron chi connectivity index (χ3n) is 3.15. The van der Waals surface area contributed by atoms with E-state index in [2.05, 4.69) is 28.0 Å². The van der Waals surface area contributed by atoms with Crippen LogP contribution in [0.15, 0.2) is 24.3 Å². The number of carbonyl (C=O) groups excluding carboxylic acids is 1. The van der Waals surface area contributed by atoms with E-state index in [1.807, 2.05) is 18.2 Å². The minimum absolute atomic E-state index is 0.124. The van der Waals surface area contributed by atoms with Crippen LogP contribution in [0.2, 0.25) is 0 Å². The van der Waals surface area contributed by atoms with Gasteiger partial charge in [0.25, 0.3) is 0 Å². The van der Waals surface area contributed by atoms with Crippen molar-refractivity contribution < 1.29 is 4.79 Å². The third-order valence-corrected chi connectivity index (χ3v) is 3.15. The first-order chi connectivity index (χ1) is 9.26. The Labute approximate surface area is 112 Å². The fraction of sp³-hybridized carbons (Fsp3) is 0.429. The van der Waals surface area contributed by atoms with E-state index in [4.69, 9.17) is 5.84 Å². The highest BCUT2D eigenvalue weighted by atomic mass is 16.2. The van der Waals surface area contributed by atoms with Crippen molar-refractivity contribution in [3.05, 3.63) is 30.1 Å². The largest absolute Gasteiger partial charge is 0.328 e. The fourth-order valence-corrected chi connectivity index (χ4v) is 2.26. The van der Waals surface area contributed by atoms with Crippen LogP contribution < -0.4 is 11.3 Å². The van der Waals surface area contributed by atoms with Crippen molar-refractivity contribution >= 4 is 16.9 Å². The molecule has 5 heteroatoms. The van der Waals surface area contributed by atoms with Crippen LogP contribution in [0.5, 0.6) is 0 Å². The van der Waals surface area contributed by atoms with E-state index in [0.29, 0.717) is 6.42 Å². The van der Waals surface area contributed by atoms with Crippen LogP contribution in [0.3, 0.4) is 0 Å². The van der Waals surface area contributed by atoms with Crippen LogP contribution in [0.4, 0.5) is 0 Å². The number of imidazole rings is 1. The highest BCUT2D eigenvalue weighted by Crippen LogP contribution is 2.17. The standard InChI is InChI=1S/C14H20N4O/c1-2-6-13-16-11-7-3-4-8-12(11)18(13)10-5-9-14(19)17-15/h3-4,7-8H,2,5-6,9-10,15H2,1H3,(H,17,19). The molecular formula is C14H20N4O. The Morgan fingerprint density at radius 2 is 2.21 bits per heavy atom. The minimum atomic E-state index is -0.124. The Balaban J connectivity index is 2.18. The van der Waals surface area contributed by atoms with Gasteiger partial charge < -0.3 is 4.57 Å². The molecule has 5 nitrogen and oxygen atoms in total. The molecule has 0 aliphatic heterocycles. The second-order valence-electron chi connectivity index (χ2n) is 4.59. The summed E-state index contributed by atoms with van der Waals surface area (Å²) in [5.74, 6) is 6.05. The molecule has 1 amide bonds. The van der Waals surface area contributed by atoms with E-state index in [1.165, 1.54) is 0 Å². The Bertz CT molecular complexity index is 562. The number of nitrogens with two attached hydrogens (primary N) is 1. The fourth-order valence-electron chi connectivity index (χ4n) is 2.26. The van der Waals surface area contributed by atoms with Crippen molar-refractivity contribution in [1.82, 2.24) is 15.0 Å². The first-order valence-corrected chi connectivity index (χ1v) is 6.70. The normalized spacial score (nSPS) is 10.8. The van der Waals surface area contributed by atoms with Crippen LogP contribution in [0.1, 0.15) is 32.0 Å². The lowest BCUT2D eigenvalue weighted by Crippen LogP contribution is -2.29.